The maximum Gasteiger partial charge on any atom is 0.414 e. The monoisotopic (exact) mass is 472 g/mol. The van der Waals surface area contributed by atoms with E-state index in [2.05, 4.69) is 5.32 Å². The predicted molar refractivity (Wildman–Crippen MR) is 121 cm³/mol. The molecule has 0 spiro atoms. The summed E-state index contributed by atoms with van der Waals surface area (Å²) in [5, 5.41) is 19.9. The summed E-state index contributed by atoms with van der Waals surface area (Å²) in [5.74, 6) is -0.926. The smallest absolute Gasteiger partial charge is 0.414 e. The third-order valence-corrected chi connectivity index (χ3v) is 4.70. The third kappa shape index (κ3) is 8.32. The van der Waals surface area contributed by atoms with Crippen molar-refractivity contribution in [2.75, 3.05) is 20.3 Å². The number of hydrogen-bond acceptors (Lipinski definition) is 8. The standard InChI is InChI=1S/C24H28N2O8/c1-32-20(13-7-8-14-21(28)26-31)22(18-11-5-6-12-19(18)33-16-15-27)34-24(30)25-23(29)17-9-3-2-4-10-17/h2-6,8-12,14,20,22,27,31H,7,13,15-16H2,1H3,(H,26,28)(H,25,29,30)/b14-8+/t20-,22-/m1/s1. The highest BCUT2D eigenvalue weighted by molar-refractivity contribution is 6.02. The molecule has 10 heteroatoms. The van der Waals surface area contributed by atoms with Gasteiger partial charge in [-0.2, -0.15) is 0 Å². The fourth-order valence-corrected chi connectivity index (χ4v) is 3.12. The summed E-state index contributed by atoms with van der Waals surface area (Å²) in [5.41, 5.74) is 2.26. The number of carbonyl (C=O) groups is 3. The molecule has 0 aliphatic heterocycles. The van der Waals surface area contributed by atoms with E-state index in [0.717, 1.165) is 6.08 Å². The average Bonchev–Trinajstić information content (AvgIpc) is 2.87. The molecule has 0 bridgehead atoms. The van der Waals surface area contributed by atoms with Crippen LogP contribution in [-0.4, -0.2) is 54.6 Å². The van der Waals surface area contributed by atoms with Gasteiger partial charge < -0.3 is 19.3 Å². The van der Waals surface area contributed by atoms with E-state index >= 15 is 0 Å². The highest BCUT2D eigenvalue weighted by atomic mass is 16.6. The maximum absolute atomic E-state index is 12.6. The lowest BCUT2D eigenvalue weighted by atomic mass is 9.99. The third-order valence-electron chi connectivity index (χ3n) is 4.70. The first-order chi connectivity index (χ1) is 16.5. The number of allylic oxidation sites excluding steroid dienone is 1. The molecule has 3 amide bonds. The van der Waals surface area contributed by atoms with E-state index in [0.29, 0.717) is 29.7 Å². The van der Waals surface area contributed by atoms with Crippen molar-refractivity contribution in [3.05, 3.63) is 77.9 Å². The Morgan fingerprint density at radius 1 is 1.06 bits per heavy atom. The minimum atomic E-state index is -0.983. The van der Waals surface area contributed by atoms with Crippen LogP contribution in [0.5, 0.6) is 5.75 Å². The molecule has 2 aromatic carbocycles. The molecule has 2 atom stereocenters. The lowest BCUT2D eigenvalue weighted by Gasteiger charge is -2.27. The Hall–Kier alpha value is -3.73. The number of ether oxygens (including phenoxy) is 3. The molecular weight excluding hydrogens is 444 g/mol. The van der Waals surface area contributed by atoms with Crippen LogP contribution in [0.25, 0.3) is 0 Å². The average molecular weight is 472 g/mol. The van der Waals surface area contributed by atoms with Crippen molar-refractivity contribution < 1.29 is 38.9 Å². The van der Waals surface area contributed by atoms with Crippen LogP contribution < -0.4 is 15.5 Å². The Morgan fingerprint density at radius 3 is 2.44 bits per heavy atom. The van der Waals surface area contributed by atoms with Gasteiger partial charge in [0.2, 0.25) is 0 Å². The molecule has 0 heterocycles. The van der Waals surface area contributed by atoms with E-state index in [1.165, 1.54) is 18.7 Å². The van der Waals surface area contributed by atoms with Gasteiger partial charge in [-0.05, 0) is 31.0 Å². The van der Waals surface area contributed by atoms with Crippen LogP contribution in [0.2, 0.25) is 0 Å². The number of rotatable bonds is 12. The summed E-state index contributed by atoms with van der Waals surface area (Å²) in [4.78, 5) is 36.2. The summed E-state index contributed by atoms with van der Waals surface area (Å²) in [6.07, 6.45) is 0.726. The highest BCUT2D eigenvalue weighted by Gasteiger charge is 2.30. The fourth-order valence-electron chi connectivity index (χ4n) is 3.12. The van der Waals surface area contributed by atoms with Crippen LogP contribution in [0.3, 0.4) is 0 Å². The normalized spacial score (nSPS) is 12.6. The molecule has 2 aromatic rings. The first-order valence-electron chi connectivity index (χ1n) is 10.5. The van der Waals surface area contributed by atoms with Gasteiger partial charge in [-0.15, -0.1) is 0 Å². The first kappa shape index (κ1) is 26.5. The Kier molecular flexibility index (Phi) is 11.3. The topological polar surface area (TPSA) is 143 Å². The molecule has 0 fully saturated rings. The van der Waals surface area contributed by atoms with Gasteiger partial charge in [-0.3, -0.25) is 20.1 Å². The van der Waals surface area contributed by atoms with Gasteiger partial charge in [0.25, 0.3) is 11.8 Å². The van der Waals surface area contributed by atoms with Gasteiger partial charge in [0, 0.05) is 24.3 Å². The molecule has 34 heavy (non-hydrogen) atoms. The van der Waals surface area contributed by atoms with Crippen molar-refractivity contribution in [2.45, 2.75) is 25.0 Å². The molecule has 2 rings (SSSR count). The minimum Gasteiger partial charge on any atom is -0.491 e. The van der Waals surface area contributed by atoms with Crippen LogP contribution in [0.4, 0.5) is 4.79 Å². The zero-order chi connectivity index (χ0) is 24.8. The van der Waals surface area contributed by atoms with Crippen molar-refractivity contribution in [1.29, 1.82) is 0 Å². The summed E-state index contributed by atoms with van der Waals surface area (Å²) in [6, 6.07) is 15.0. The molecule has 0 saturated heterocycles. The molecular formula is C24H28N2O8. The van der Waals surface area contributed by atoms with E-state index in [9.17, 15) is 14.4 Å². The highest BCUT2D eigenvalue weighted by Crippen LogP contribution is 2.33. The Labute approximate surface area is 197 Å². The number of carbonyl (C=O) groups excluding carboxylic acids is 3. The summed E-state index contributed by atoms with van der Waals surface area (Å²) in [7, 11) is 1.44. The number of amides is 3. The fraction of sp³-hybridized carbons (Fsp3) is 0.292. The molecule has 0 aliphatic carbocycles. The molecule has 10 nitrogen and oxygen atoms in total. The molecule has 4 N–H and O–H groups in total. The second-order valence-corrected chi connectivity index (χ2v) is 6.99. The van der Waals surface area contributed by atoms with Crippen molar-refractivity contribution >= 4 is 17.9 Å². The van der Waals surface area contributed by atoms with Gasteiger partial charge in [0.1, 0.15) is 12.4 Å². The van der Waals surface area contributed by atoms with Crippen molar-refractivity contribution in [3.63, 3.8) is 0 Å². The lowest BCUT2D eigenvalue weighted by Crippen LogP contribution is -2.35. The molecule has 0 radical (unpaired) electrons. The summed E-state index contributed by atoms with van der Waals surface area (Å²) < 4.78 is 16.8. The van der Waals surface area contributed by atoms with Crippen LogP contribution >= 0.6 is 0 Å². The number of aliphatic hydroxyl groups is 1. The number of hydroxylamine groups is 1. The van der Waals surface area contributed by atoms with E-state index in [4.69, 9.17) is 24.5 Å². The second kappa shape index (κ2) is 14.4. The van der Waals surface area contributed by atoms with Crippen LogP contribution in [-0.2, 0) is 14.3 Å². The van der Waals surface area contributed by atoms with E-state index in [-0.39, 0.29) is 13.2 Å². The van der Waals surface area contributed by atoms with E-state index < -0.39 is 30.1 Å². The minimum absolute atomic E-state index is 0.0269. The van der Waals surface area contributed by atoms with Gasteiger partial charge in [0.05, 0.1) is 12.7 Å². The quantitative estimate of drug-likeness (QED) is 0.210. The zero-order valence-electron chi connectivity index (χ0n) is 18.7. The van der Waals surface area contributed by atoms with Crippen LogP contribution in [0.1, 0.15) is 34.9 Å². The van der Waals surface area contributed by atoms with Crippen molar-refractivity contribution in [2.24, 2.45) is 0 Å². The lowest BCUT2D eigenvalue weighted by molar-refractivity contribution is -0.124. The molecule has 0 aromatic heterocycles. The van der Waals surface area contributed by atoms with Crippen LogP contribution in [0.15, 0.2) is 66.7 Å². The van der Waals surface area contributed by atoms with Gasteiger partial charge >= 0.3 is 6.09 Å². The number of benzene rings is 2. The number of aliphatic hydroxyl groups excluding tert-OH is 1. The zero-order valence-corrected chi connectivity index (χ0v) is 18.7. The molecule has 0 saturated carbocycles. The number of imide groups is 1. The van der Waals surface area contributed by atoms with E-state index in [1.807, 2.05) is 0 Å². The molecule has 0 aliphatic rings. The number of nitrogens with one attached hydrogen (secondary N) is 2. The molecule has 182 valence electrons. The Balaban J connectivity index is 2.24. The molecule has 0 unspecified atom stereocenters. The summed E-state index contributed by atoms with van der Waals surface area (Å²) >= 11 is 0. The Bertz CT molecular complexity index is 964. The van der Waals surface area contributed by atoms with Gasteiger partial charge in [0.15, 0.2) is 6.10 Å². The largest absolute Gasteiger partial charge is 0.491 e. The second-order valence-electron chi connectivity index (χ2n) is 6.99. The first-order valence-corrected chi connectivity index (χ1v) is 10.5. The SMILES string of the molecule is CO[C@H](CC/C=C/C(=O)NO)[C@H](OC(=O)NC(=O)c1ccccc1)c1ccccc1OCCO. The van der Waals surface area contributed by atoms with Crippen molar-refractivity contribution in [3.8, 4) is 5.75 Å². The summed E-state index contributed by atoms with van der Waals surface area (Å²) in [6.45, 7) is -0.184. The number of alkyl carbamates (subject to hydrolysis) is 1. The van der Waals surface area contributed by atoms with Crippen molar-refractivity contribution in [1.82, 2.24) is 10.8 Å². The van der Waals surface area contributed by atoms with Crippen LogP contribution in [0, 0.1) is 0 Å². The number of para-hydroxylation sites is 1. The Morgan fingerprint density at radius 2 is 1.76 bits per heavy atom. The number of methoxy groups -OCH3 is 1. The predicted octanol–water partition coefficient (Wildman–Crippen LogP) is 2.52. The van der Waals surface area contributed by atoms with E-state index in [1.54, 1.807) is 54.6 Å². The van der Waals surface area contributed by atoms with Gasteiger partial charge in [-0.25, -0.2) is 10.3 Å². The van der Waals surface area contributed by atoms with Gasteiger partial charge in [-0.1, -0.05) is 42.5 Å². The maximum atomic E-state index is 12.6. The number of hydrogen-bond donors (Lipinski definition) is 4.